The van der Waals surface area contributed by atoms with Crippen molar-refractivity contribution in [3.05, 3.63) is 102 Å². The fourth-order valence-electron chi connectivity index (χ4n) is 3.53. The summed E-state index contributed by atoms with van der Waals surface area (Å²) in [6, 6.07) is 25.6. The number of hydrogen-bond acceptors (Lipinski definition) is 4. The molecule has 6 heteroatoms. The number of primary amides is 1. The quantitative estimate of drug-likeness (QED) is 0.396. The van der Waals surface area contributed by atoms with Crippen molar-refractivity contribution < 1.29 is 19.1 Å². The number of carbonyl (C=O) groups excluding carboxylic acids is 2. The molecule has 0 unspecified atom stereocenters. The Hall–Kier alpha value is -4.32. The largest absolute Gasteiger partial charge is 0.493 e. The lowest BCUT2D eigenvalue weighted by Crippen LogP contribution is -2.14. The number of hydrogen-bond donors (Lipinski definition) is 2. The summed E-state index contributed by atoms with van der Waals surface area (Å²) in [5.74, 6) is 0.631. The van der Waals surface area contributed by atoms with Crippen molar-refractivity contribution in [1.82, 2.24) is 0 Å². The highest BCUT2D eigenvalue weighted by Gasteiger charge is 2.13. The molecule has 2 amide bonds. The van der Waals surface area contributed by atoms with E-state index < -0.39 is 5.91 Å². The standard InChI is InChI=1S/C27H24N2O4/c1-2-32-24-15-12-20(27(31)29-22-13-10-19(11-14-22)26(28)30)16-21(24)17-33-25-9-5-7-18-6-3-4-8-23(18)25/h3-16H,2,17H2,1H3,(H2,28,30)(H,29,31). The molecule has 4 aromatic carbocycles. The lowest BCUT2D eigenvalue weighted by Gasteiger charge is -2.14. The van der Waals surface area contributed by atoms with E-state index in [-0.39, 0.29) is 12.5 Å². The maximum atomic E-state index is 12.8. The van der Waals surface area contributed by atoms with Crippen LogP contribution >= 0.6 is 0 Å². The van der Waals surface area contributed by atoms with Gasteiger partial charge in [-0.05, 0) is 60.8 Å². The molecule has 4 rings (SSSR count). The first-order chi connectivity index (χ1) is 16.0. The van der Waals surface area contributed by atoms with Crippen LogP contribution in [0.5, 0.6) is 11.5 Å². The predicted octanol–water partition coefficient (Wildman–Crippen LogP) is 5.17. The van der Waals surface area contributed by atoms with Gasteiger partial charge in [0.15, 0.2) is 0 Å². The Kier molecular flexibility index (Phi) is 6.55. The van der Waals surface area contributed by atoms with Crippen LogP contribution in [0.3, 0.4) is 0 Å². The highest BCUT2D eigenvalue weighted by Crippen LogP contribution is 2.28. The lowest BCUT2D eigenvalue weighted by atomic mass is 10.1. The molecule has 0 aromatic heterocycles. The molecule has 0 heterocycles. The third kappa shape index (κ3) is 5.13. The van der Waals surface area contributed by atoms with Crippen LogP contribution in [0.1, 0.15) is 33.2 Å². The normalized spacial score (nSPS) is 10.6. The van der Waals surface area contributed by atoms with Gasteiger partial charge >= 0.3 is 0 Å². The minimum atomic E-state index is -0.518. The molecule has 0 aliphatic heterocycles. The van der Waals surface area contributed by atoms with Gasteiger partial charge in [-0.25, -0.2) is 0 Å². The van der Waals surface area contributed by atoms with Crippen molar-refractivity contribution in [2.45, 2.75) is 13.5 Å². The first kappa shape index (κ1) is 21.9. The number of nitrogens with two attached hydrogens (primary N) is 1. The van der Waals surface area contributed by atoms with E-state index >= 15 is 0 Å². The highest BCUT2D eigenvalue weighted by atomic mass is 16.5. The molecule has 3 N–H and O–H groups in total. The van der Waals surface area contributed by atoms with Gasteiger partial charge in [0.25, 0.3) is 5.91 Å². The van der Waals surface area contributed by atoms with E-state index in [1.807, 2.05) is 49.4 Å². The van der Waals surface area contributed by atoms with E-state index in [0.717, 1.165) is 22.1 Å². The smallest absolute Gasteiger partial charge is 0.255 e. The third-order valence-electron chi connectivity index (χ3n) is 5.18. The van der Waals surface area contributed by atoms with Crippen molar-refractivity contribution in [2.24, 2.45) is 5.73 Å². The summed E-state index contributed by atoms with van der Waals surface area (Å²) in [5.41, 5.74) is 7.43. The maximum Gasteiger partial charge on any atom is 0.255 e. The zero-order valence-corrected chi connectivity index (χ0v) is 18.2. The van der Waals surface area contributed by atoms with Crippen molar-refractivity contribution in [2.75, 3.05) is 11.9 Å². The van der Waals surface area contributed by atoms with Crippen LogP contribution in [-0.2, 0) is 6.61 Å². The van der Waals surface area contributed by atoms with Gasteiger partial charge < -0.3 is 20.5 Å². The van der Waals surface area contributed by atoms with Crippen LogP contribution in [0, 0.1) is 0 Å². The second kappa shape index (κ2) is 9.87. The van der Waals surface area contributed by atoms with Crippen LogP contribution < -0.4 is 20.5 Å². The number of fused-ring (bicyclic) bond motifs is 1. The van der Waals surface area contributed by atoms with Gasteiger partial charge in [-0.3, -0.25) is 9.59 Å². The first-order valence-electron chi connectivity index (χ1n) is 10.6. The number of carbonyl (C=O) groups is 2. The van der Waals surface area contributed by atoms with Gasteiger partial charge in [0.05, 0.1) is 6.61 Å². The average molecular weight is 440 g/mol. The fraction of sp³-hybridized carbons (Fsp3) is 0.111. The zero-order valence-electron chi connectivity index (χ0n) is 18.2. The van der Waals surface area contributed by atoms with Crippen molar-refractivity contribution in [1.29, 1.82) is 0 Å². The minimum Gasteiger partial charge on any atom is -0.493 e. The molecule has 0 saturated carbocycles. The molecule has 33 heavy (non-hydrogen) atoms. The maximum absolute atomic E-state index is 12.8. The third-order valence-corrected chi connectivity index (χ3v) is 5.18. The number of amides is 2. The summed E-state index contributed by atoms with van der Waals surface area (Å²) in [4.78, 5) is 24.0. The van der Waals surface area contributed by atoms with Gasteiger partial charge in [-0.1, -0.05) is 36.4 Å². The SMILES string of the molecule is CCOc1ccc(C(=O)Nc2ccc(C(N)=O)cc2)cc1COc1cccc2ccccc12. The second-order valence-electron chi connectivity index (χ2n) is 7.42. The average Bonchev–Trinajstić information content (AvgIpc) is 2.84. The zero-order chi connectivity index (χ0) is 23.2. The van der Waals surface area contributed by atoms with Gasteiger partial charge in [-0.2, -0.15) is 0 Å². The molecule has 4 aromatic rings. The van der Waals surface area contributed by atoms with Crippen molar-refractivity contribution >= 4 is 28.3 Å². The molecule has 0 fully saturated rings. The van der Waals surface area contributed by atoms with Crippen molar-refractivity contribution in [3.8, 4) is 11.5 Å². The Morgan fingerprint density at radius 2 is 1.55 bits per heavy atom. The van der Waals surface area contributed by atoms with E-state index in [0.29, 0.717) is 29.2 Å². The Bertz CT molecular complexity index is 1290. The van der Waals surface area contributed by atoms with E-state index in [9.17, 15) is 9.59 Å². The predicted molar refractivity (Wildman–Crippen MR) is 129 cm³/mol. The highest BCUT2D eigenvalue weighted by molar-refractivity contribution is 6.04. The van der Waals surface area contributed by atoms with Crippen LogP contribution in [-0.4, -0.2) is 18.4 Å². The summed E-state index contributed by atoms with van der Waals surface area (Å²) >= 11 is 0. The van der Waals surface area contributed by atoms with E-state index in [2.05, 4.69) is 5.32 Å². The van der Waals surface area contributed by atoms with E-state index in [1.54, 1.807) is 42.5 Å². The first-order valence-corrected chi connectivity index (χ1v) is 10.6. The number of nitrogens with one attached hydrogen (secondary N) is 1. The molecular formula is C27H24N2O4. The Morgan fingerprint density at radius 3 is 2.30 bits per heavy atom. The number of benzene rings is 4. The summed E-state index contributed by atoms with van der Waals surface area (Å²) < 4.78 is 11.9. The van der Waals surface area contributed by atoms with Crippen molar-refractivity contribution in [3.63, 3.8) is 0 Å². The number of anilines is 1. The minimum absolute atomic E-state index is 0.248. The Morgan fingerprint density at radius 1 is 0.818 bits per heavy atom. The molecule has 0 spiro atoms. The van der Waals surface area contributed by atoms with E-state index in [4.69, 9.17) is 15.2 Å². The molecular weight excluding hydrogens is 416 g/mol. The molecule has 0 saturated heterocycles. The summed E-state index contributed by atoms with van der Waals surface area (Å²) in [6.07, 6.45) is 0. The number of rotatable bonds is 8. The molecule has 0 radical (unpaired) electrons. The molecule has 6 nitrogen and oxygen atoms in total. The van der Waals surface area contributed by atoms with Crippen LogP contribution in [0.2, 0.25) is 0 Å². The molecule has 0 aliphatic rings. The van der Waals surface area contributed by atoms with Crippen LogP contribution in [0.25, 0.3) is 10.8 Å². The molecule has 0 bridgehead atoms. The Balaban J connectivity index is 1.54. The second-order valence-corrected chi connectivity index (χ2v) is 7.42. The lowest BCUT2D eigenvalue weighted by molar-refractivity contribution is 0.0998. The van der Waals surface area contributed by atoms with E-state index in [1.165, 1.54) is 0 Å². The van der Waals surface area contributed by atoms with Crippen LogP contribution in [0.4, 0.5) is 5.69 Å². The fourth-order valence-corrected chi connectivity index (χ4v) is 3.53. The molecule has 0 aliphatic carbocycles. The molecule has 0 atom stereocenters. The topological polar surface area (TPSA) is 90.6 Å². The number of ether oxygens (including phenoxy) is 2. The summed E-state index contributed by atoms with van der Waals surface area (Å²) in [7, 11) is 0. The van der Waals surface area contributed by atoms with Crippen LogP contribution in [0.15, 0.2) is 84.9 Å². The molecule has 166 valence electrons. The van der Waals surface area contributed by atoms with Gasteiger partial charge in [-0.15, -0.1) is 0 Å². The van der Waals surface area contributed by atoms with Gasteiger partial charge in [0.2, 0.25) is 5.91 Å². The summed E-state index contributed by atoms with van der Waals surface area (Å²) in [6.45, 7) is 2.66. The Labute approximate surface area is 191 Å². The monoisotopic (exact) mass is 440 g/mol. The van der Waals surface area contributed by atoms with Gasteiger partial charge in [0, 0.05) is 27.8 Å². The van der Waals surface area contributed by atoms with Gasteiger partial charge in [0.1, 0.15) is 18.1 Å². The summed E-state index contributed by atoms with van der Waals surface area (Å²) in [5, 5.41) is 4.94.